The van der Waals surface area contributed by atoms with Gasteiger partial charge in [-0.2, -0.15) is 0 Å². The SMILES string of the molecule is O=C(NC(Oc1ccc(CCCS(=O)(=O)c2ccc(Cl)cc2)cc1)C(=O)O)c1ccc(OCc2ccc3ccccc3n2)cc1. The number of carbonyl (C=O) groups is 2. The van der Waals surface area contributed by atoms with Gasteiger partial charge in [-0.05, 0) is 91.2 Å². The molecule has 0 bridgehead atoms. The molecule has 1 unspecified atom stereocenters. The molecule has 0 saturated carbocycles. The number of ether oxygens (including phenoxy) is 2. The number of aliphatic carboxylic acids is 1. The molecule has 45 heavy (non-hydrogen) atoms. The third-order valence-electron chi connectivity index (χ3n) is 6.87. The molecule has 1 heterocycles. The number of halogens is 1. The number of carbonyl (C=O) groups excluding carboxylic acids is 1. The van der Waals surface area contributed by atoms with Gasteiger partial charge < -0.3 is 19.9 Å². The van der Waals surface area contributed by atoms with Gasteiger partial charge in [0.2, 0.25) is 0 Å². The molecule has 2 N–H and O–H groups in total. The van der Waals surface area contributed by atoms with Crippen molar-refractivity contribution >= 4 is 44.2 Å². The molecule has 5 rings (SSSR count). The standard InChI is InChI=1S/C34H29ClN2O7S/c35-26-12-19-30(20-13-26)45(41,42)21-3-4-23-7-15-29(16-8-23)44-33(34(39)40)37-32(38)25-10-17-28(18-11-25)43-22-27-14-9-24-5-1-2-6-31(24)36-27/h1-2,5-20,33H,3-4,21-22H2,(H,37,38)(H,39,40). The van der Waals surface area contributed by atoms with Crippen LogP contribution in [0.4, 0.5) is 0 Å². The van der Waals surface area contributed by atoms with Gasteiger partial charge in [-0.1, -0.05) is 48.0 Å². The van der Waals surface area contributed by atoms with E-state index in [0.29, 0.717) is 23.6 Å². The predicted octanol–water partition coefficient (Wildman–Crippen LogP) is 6.09. The molecule has 0 spiro atoms. The van der Waals surface area contributed by atoms with Crippen molar-refractivity contribution in [3.05, 3.63) is 131 Å². The first-order chi connectivity index (χ1) is 21.7. The molecule has 9 nitrogen and oxygen atoms in total. The second kappa shape index (κ2) is 14.2. The van der Waals surface area contributed by atoms with Crippen molar-refractivity contribution in [2.45, 2.75) is 30.6 Å². The van der Waals surface area contributed by atoms with Crippen molar-refractivity contribution in [3.8, 4) is 11.5 Å². The van der Waals surface area contributed by atoms with Crippen LogP contribution in [0.25, 0.3) is 10.9 Å². The van der Waals surface area contributed by atoms with Crippen LogP contribution >= 0.6 is 11.6 Å². The van der Waals surface area contributed by atoms with Crippen LogP contribution in [0.15, 0.2) is 114 Å². The molecule has 1 amide bonds. The van der Waals surface area contributed by atoms with Crippen LogP contribution in [0.5, 0.6) is 11.5 Å². The zero-order valence-electron chi connectivity index (χ0n) is 23.9. The summed E-state index contributed by atoms with van der Waals surface area (Å²) in [6.45, 7) is 0.243. The Morgan fingerprint density at radius 1 is 0.844 bits per heavy atom. The van der Waals surface area contributed by atoms with E-state index >= 15 is 0 Å². The number of benzene rings is 4. The van der Waals surface area contributed by atoms with Crippen molar-refractivity contribution in [3.63, 3.8) is 0 Å². The Bertz CT molecular complexity index is 1900. The highest BCUT2D eigenvalue weighted by Gasteiger charge is 2.23. The summed E-state index contributed by atoms with van der Waals surface area (Å²) >= 11 is 5.84. The monoisotopic (exact) mass is 644 g/mol. The number of para-hydroxylation sites is 1. The van der Waals surface area contributed by atoms with E-state index in [-0.39, 0.29) is 28.6 Å². The van der Waals surface area contributed by atoms with Crippen LogP contribution in [-0.2, 0) is 27.7 Å². The number of hydrogen-bond donors (Lipinski definition) is 2. The number of amides is 1. The van der Waals surface area contributed by atoms with Gasteiger partial charge in [0.15, 0.2) is 9.84 Å². The lowest BCUT2D eigenvalue weighted by atomic mass is 10.1. The molecular weight excluding hydrogens is 616 g/mol. The Hall–Kier alpha value is -4.93. The second-order valence-corrected chi connectivity index (χ2v) is 12.7. The number of fused-ring (bicyclic) bond motifs is 1. The summed E-state index contributed by atoms with van der Waals surface area (Å²) in [5.41, 5.74) is 2.70. The highest BCUT2D eigenvalue weighted by molar-refractivity contribution is 7.91. The van der Waals surface area contributed by atoms with E-state index in [9.17, 15) is 23.1 Å². The number of carboxylic acid groups (broad SMARTS) is 1. The van der Waals surface area contributed by atoms with Crippen molar-refractivity contribution in [2.24, 2.45) is 0 Å². The summed E-state index contributed by atoms with van der Waals surface area (Å²) in [7, 11) is -3.44. The maximum absolute atomic E-state index is 12.8. The molecular formula is C34H29ClN2O7S. The van der Waals surface area contributed by atoms with E-state index < -0.39 is 27.9 Å². The van der Waals surface area contributed by atoms with Crippen LogP contribution in [0.3, 0.4) is 0 Å². The van der Waals surface area contributed by atoms with Gasteiger partial charge in [-0.25, -0.2) is 18.2 Å². The highest BCUT2D eigenvalue weighted by atomic mass is 35.5. The van der Waals surface area contributed by atoms with Crippen LogP contribution in [0.1, 0.15) is 28.0 Å². The van der Waals surface area contributed by atoms with Crippen LogP contribution in [-0.4, -0.2) is 42.4 Å². The minimum absolute atomic E-state index is 0.0330. The molecule has 0 aliphatic carbocycles. The molecule has 0 aliphatic rings. The maximum Gasteiger partial charge on any atom is 0.366 e. The molecule has 0 radical (unpaired) electrons. The van der Waals surface area contributed by atoms with Gasteiger partial charge in [0.1, 0.15) is 18.1 Å². The number of pyridine rings is 1. The fourth-order valence-electron chi connectivity index (χ4n) is 4.49. The topological polar surface area (TPSA) is 132 Å². The molecule has 0 saturated heterocycles. The van der Waals surface area contributed by atoms with Crippen molar-refractivity contribution in [2.75, 3.05) is 5.75 Å². The zero-order chi connectivity index (χ0) is 31.8. The Balaban J connectivity index is 1.11. The Morgan fingerprint density at radius 2 is 1.53 bits per heavy atom. The number of hydrogen-bond acceptors (Lipinski definition) is 7. The number of nitrogens with one attached hydrogen (secondary N) is 1. The first-order valence-electron chi connectivity index (χ1n) is 14.0. The van der Waals surface area contributed by atoms with Gasteiger partial charge in [-0.15, -0.1) is 0 Å². The number of rotatable bonds is 13. The van der Waals surface area contributed by atoms with E-state index in [0.717, 1.165) is 22.2 Å². The van der Waals surface area contributed by atoms with E-state index in [1.54, 1.807) is 36.4 Å². The quantitative estimate of drug-likeness (QED) is 0.147. The first kappa shape index (κ1) is 31.5. The summed E-state index contributed by atoms with van der Waals surface area (Å²) in [6.07, 6.45) is -0.754. The van der Waals surface area contributed by atoms with Crippen LogP contribution in [0, 0.1) is 0 Å². The average molecular weight is 645 g/mol. The van der Waals surface area contributed by atoms with E-state index in [4.69, 9.17) is 21.1 Å². The zero-order valence-corrected chi connectivity index (χ0v) is 25.5. The summed E-state index contributed by atoms with van der Waals surface area (Å²) < 4.78 is 36.4. The van der Waals surface area contributed by atoms with Gasteiger partial charge >= 0.3 is 5.97 Å². The van der Waals surface area contributed by atoms with Crippen molar-refractivity contribution < 1.29 is 32.6 Å². The van der Waals surface area contributed by atoms with Crippen LogP contribution < -0.4 is 14.8 Å². The lowest BCUT2D eigenvalue weighted by molar-refractivity contribution is -0.146. The molecule has 5 aromatic rings. The summed E-state index contributed by atoms with van der Waals surface area (Å²) in [5, 5.41) is 13.5. The number of carboxylic acids is 1. The van der Waals surface area contributed by atoms with Gasteiger partial charge in [0, 0.05) is 16.0 Å². The lowest BCUT2D eigenvalue weighted by Gasteiger charge is -2.17. The third kappa shape index (κ3) is 8.59. The third-order valence-corrected chi connectivity index (χ3v) is 8.94. The normalized spacial score (nSPS) is 11.9. The Kier molecular flexibility index (Phi) is 9.96. The largest absolute Gasteiger partial charge is 0.487 e. The number of sulfone groups is 1. The second-order valence-electron chi connectivity index (χ2n) is 10.1. The van der Waals surface area contributed by atoms with Gasteiger partial charge in [0.25, 0.3) is 12.1 Å². The molecule has 1 atom stereocenters. The minimum Gasteiger partial charge on any atom is -0.487 e. The minimum atomic E-state index is -3.44. The number of aromatic nitrogens is 1. The number of nitrogens with zero attached hydrogens (tertiary/aromatic N) is 1. The van der Waals surface area contributed by atoms with Gasteiger partial charge in [0.05, 0.1) is 21.9 Å². The Labute approximate surface area is 265 Å². The van der Waals surface area contributed by atoms with E-state index in [2.05, 4.69) is 10.3 Å². The van der Waals surface area contributed by atoms with Crippen molar-refractivity contribution in [1.82, 2.24) is 10.3 Å². The molecule has 0 aliphatic heterocycles. The fourth-order valence-corrected chi connectivity index (χ4v) is 5.93. The summed E-state index contributed by atoms with van der Waals surface area (Å²) in [4.78, 5) is 29.4. The first-order valence-corrected chi connectivity index (χ1v) is 16.0. The Morgan fingerprint density at radius 3 is 2.24 bits per heavy atom. The summed E-state index contributed by atoms with van der Waals surface area (Å²) in [5.74, 6) is -1.29. The van der Waals surface area contributed by atoms with Crippen molar-refractivity contribution in [1.29, 1.82) is 0 Å². The van der Waals surface area contributed by atoms with E-state index in [1.807, 2.05) is 36.4 Å². The molecule has 11 heteroatoms. The van der Waals surface area contributed by atoms with Gasteiger partial charge in [-0.3, -0.25) is 4.79 Å². The fraction of sp³-hybridized carbons (Fsp3) is 0.147. The maximum atomic E-state index is 12.8. The highest BCUT2D eigenvalue weighted by Crippen LogP contribution is 2.20. The predicted molar refractivity (Wildman–Crippen MR) is 170 cm³/mol. The van der Waals surface area contributed by atoms with E-state index in [1.165, 1.54) is 36.4 Å². The smallest absolute Gasteiger partial charge is 0.366 e. The van der Waals surface area contributed by atoms with Crippen LogP contribution in [0.2, 0.25) is 5.02 Å². The summed E-state index contributed by atoms with van der Waals surface area (Å²) in [6, 6.07) is 30.6. The molecule has 1 aromatic heterocycles. The molecule has 0 fully saturated rings. The number of aryl methyl sites for hydroxylation is 1. The lowest BCUT2D eigenvalue weighted by Crippen LogP contribution is -2.44. The average Bonchev–Trinajstić information content (AvgIpc) is 3.04. The molecule has 230 valence electrons. The molecule has 4 aromatic carbocycles.